The molecular formula is C16H15Cl2NO. The second-order valence-corrected chi connectivity index (χ2v) is 5.90. The molecule has 0 bridgehead atoms. The molecule has 1 N–H and O–H groups in total. The van der Waals surface area contributed by atoms with Crippen molar-refractivity contribution in [2.75, 3.05) is 11.9 Å². The molecule has 1 heterocycles. The van der Waals surface area contributed by atoms with Gasteiger partial charge >= 0.3 is 0 Å². The summed E-state index contributed by atoms with van der Waals surface area (Å²) >= 11 is 12.1. The molecule has 0 aromatic heterocycles. The highest BCUT2D eigenvalue weighted by Gasteiger charge is 2.22. The standard InChI is InChI=1S/C16H15Cl2NO/c1-10-2-5-16-11(6-10)7-13(20-16)9-19-15-8-12(17)3-4-14(15)18/h2-6,8,13,19H,7,9H2,1H3. The molecule has 0 aliphatic carbocycles. The highest BCUT2D eigenvalue weighted by molar-refractivity contribution is 6.35. The molecule has 0 saturated carbocycles. The van der Waals surface area contributed by atoms with Gasteiger partial charge in [-0.15, -0.1) is 0 Å². The fourth-order valence-electron chi connectivity index (χ4n) is 2.42. The van der Waals surface area contributed by atoms with Crippen molar-refractivity contribution < 1.29 is 4.74 Å². The van der Waals surface area contributed by atoms with Gasteiger partial charge in [0, 0.05) is 11.4 Å². The number of ether oxygens (including phenoxy) is 1. The number of benzene rings is 2. The van der Waals surface area contributed by atoms with Gasteiger partial charge in [-0.05, 0) is 36.8 Å². The van der Waals surface area contributed by atoms with Gasteiger partial charge in [-0.1, -0.05) is 40.9 Å². The predicted molar refractivity (Wildman–Crippen MR) is 84.3 cm³/mol. The normalized spacial score (nSPS) is 16.6. The minimum Gasteiger partial charge on any atom is -0.488 e. The monoisotopic (exact) mass is 307 g/mol. The average Bonchev–Trinajstić information content (AvgIpc) is 2.81. The lowest BCUT2D eigenvalue weighted by Crippen LogP contribution is -2.24. The van der Waals surface area contributed by atoms with Crippen molar-refractivity contribution in [3.63, 3.8) is 0 Å². The summed E-state index contributed by atoms with van der Waals surface area (Å²) in [6.45, 7) is 2.80. The molecule has 20 heavy (non-hydrogen) atoms. The minimum atomic E-state index is 0.127. The highest BCUT2D eigenvalue weighted by atomic mass is 35.5. The van der Waals surface area contributed by atoms with Crippen molar-refractivity contribution in [3.8, 4) is 5.75 Å². The van der Waals surface area contributed by atoms with Crippen LogP contribution in [0.15, 0.2) is 36.4 Å². The largest absolute Gasteiger partial charge is 0.488 e. The van der Waals surface area contributed by atoms with Crippen molar-refractivity contribution in [3.05, 3.63) is 57.6 Å². The summed E-state index contributed by atoms with van der Waals surface area (Å²) in [5.74, 6) is 0.986. The smallest absolute Gasteiger partial charge is 0.123 e. The zero-order valence-corrected chi connectivity index (χ0v) is 12.6. The molecule has 0 amide bonds. The summed E-state index contributed by atoms with van der Waals surface area (Å²) in [5.41, 5.74) is 3.38. The zero-order chi connectivity index (χ0) is 14.1. The third kappa shape index (κ3) is 2.87. The Hall–Kier alpha value is -1.38. The van der Waals surface area contributed by atoms with Gasteiger partial charge in [0.2, 0.25) is 0 Å². The van der Waals surface area contributed by atoms with Gasteiger partial charge in [0.05, 0.1) is 17.3 Å². The molecule has 1 aliphatic heterocycles. The Kier molecular flexibility index (Phi) is 3.77. The van der Waals surface area contributed by atoms with Crippen molar-refractivity contribution in [1.29, 1.82) is 0 Å². The SMILES string of the molecule is Cc1ccc2c(c1)CC(CNc1cc(Cl)ccc1Cl)O2. The molecule has 2 nitrogen and oxygen atoms in total. The van der Waals surface area contributed by atoms with Crippen molar-refractivity contribution in [1.82, 2.24) is 0 Å². The lowest BCUT2D eigenvalue weighted by atomic mass is 10.1. The highest BCUT2D eigenvalue weighted by Crippen LogP contribution is 2.30. The van der Waals surface area contributed by atoms with Gasteiger partial charge in [-0.3, -0.25) is 0 Å². The molecule has 3 rings (SSSR count). The maximum atomic E-state index is 6.13. The van der Waals surface area contributed by atoms with Crippen LogP contribution in [0.4, 0.5) is 5.69 Å². The third-order valence-corrected chi connectivity index (χ3v) is 3.97. The molecule has 0 radical (unpaired) electrons. The van der Waals surface area contributed by atoms with Crippen LogP contribution in [0.3, 0.4) is 0 Å². The van der Waals surface area contributed by atoms with Crippen LogP contribution in [0.5, 0.6) is 5.75 Å². The molecule has 0 fully saturated rings. The van der Waals surface area contributed by atoms with Gasteiger partial charge in [-0.25, -0.2) is 0 Å². The van der Waals surface area contributed by atoms with Crippen LogP contribution < -0.4 is 10.1 Å². The second-order valence-electron chi connectivity index (χ2n) is 5.06. The van der Waals surface area contributed by atoms with E-state index >= 15 is 0 Å². The predicted octanol–water partition coefficient (Wildman–Crippen LogP) is 4.72. The molecule has 0 spiro atoms. The number of fused-ring (bicyclic) bond motifs is 1. The maximum absolute atomic E-state index is 6.13. The van der Waals surface area contributed by atoms with Crippen LogP contribution in [-0.4, -0.2) is 12.6 Å². The van der Waals surface area contributed by atoms with E-state index in [2.05, 4.69) is 24.4 Å². The number of nitrogens with one attached hydrogen (secondary N) is 1. The summed E-state index contributed by atoms with van der Waals surface area (Å²) in [6.07, 6.45) is 1.05. The Morgan fingerprint density at radius 1 is 1.20 bits per heavy atom. The van der Waals surface area contributed by atoms with Crippen LogP contribution in [0.2, 0.25) is 10.0 Å². The molecule has 104 valence electrons. The van der Waals surface area contributed by atoms with Crippen LogP contribution >= 0.6 is 23.2 Å². The van der Waals surface area contributed by atoms with Crippen LogP contribution in [0.1, 0.15) is 11.1 Å². The lowest BCUT2D eigenvalue weighted by Gasteiger charge is -2.14. The number of halogens is 2. The summed E-state index contributed by atoms with van der Waals surface area (Å²) in [5, 5.41) is 4.64. The van der Waals surface area contributed by atoms with Gasteiger partial charge in [-0.2, -0.15) is 0 Å². The Labute approximate surface area is 128 Å². The van der Waals surface area contributed by atoms with E-state index in [9.17, 15) is 0 Å². The molecule has 1 unspecified atom stereocenters. The van der Waals surface area contributed by atoms with E-state index in [-0.39, 0.29) is 6.10 Å². The van der Waals surface area contributed by atoms with E-state index in [1.807, 2.05) is 12.1 Å². The average molecular weight is 308 g/mol. The van der Waals surface area contributed by atoms with Crippen LogP contribution in [0, 0.1) is 6.92 Å². The molecular weight excluding hydrogens is 293 g/mol. The Morgan fingerprint density at radius 2 is 2.05 bits per heavy atom. The number of rotatable bonds is 3. The molecule has 1 aliphatic rings. The van der Waals surface area contributed by atoms with E-state index in [1.54, 1.807) is 12.1 Å². The fraction of sp³-hybridized carbons (Fsp3) is 0.250. The van der Waals surface area contributed by atoms with Crippen molar-refractivity contribution in [2.24, 2.45) is 0 Å². The zero-order valence-electron chi connectivity index (χ0n) is 11.1. The summed E-state index contributed by atoms with van der Waals surface area (Å²) in [6, 6.07) is 11.7. The first kappa shape index (κ1) is 13.6. The molecule has 2 aromatic rings. The topological polar surface area (TPSA) is 21.3 Å². The van der Waals surface area contributed by atoms with E-state index in [1.165, 1.54) is 11.1 Å². The van der Waals surface area contributed by atoms with Gasteiger partial charge in [0.15, 0.2) is 0 Å². The van der Waals surface area contributed by atoms with E-state index in [0.717, 1.165) is 17.9 Å². The number of hydrogen-bond donors (Lipinski definition) is 1. The first-order valence-electron chi connectivity index (χ1n) is 6.57. The Bertz CT molecular complexity index is 642. The first-order chi connectivity index (χ1) is 9.61. The van der Waals surface area contributed by atoms with Crippen LogP contribution in [0.25, 0.3) is 0 Å². The van der Waals surface area contributed by atoms with Crippen molar-refractivity contribution in [2.45, 2.75) is 19.4 Å². The quantitative estimate of drug-likeness (QED) is 0.886. The fourth-order valence-corrected chi connectivity index (χ4v) is 2.78. The maximum Gasteiger partial charge on any atom is 0.123 e. The van der Waals surface area contributed by atoms with Gasteiger partial charge in [0.1, 0.15) is 11.9 Å². The molecule has 1 atom stereocenters. The Balaban J connectivity index is 1.65. The summed E-state index contributed by atoms with van der Waals surface area (Å²) in [7, 11) is 0. The number of aryl methyl sites for hydroxylation is 1. The Morgan fingerprint density at radius 3 is 2.90 bits per heavy atom. The van der Waals surface area contributed by atoms with Gasteiger partial charge in [0.25, 0.3) is 0 Å². The molecule has 2 aromatic carbocycles. The molecule has 0 saturated heterocycles. The lowest BCUT2D eigenvalue weighted by molar-refractivity contribution is 0.246. The summed E-state index contributed by atoms with van der Waals surface area (Å²) in [4.78, 5) is 0. The third-order valence-electron chi connectivity index (χ3n) is 3.41. The minimum absolute atomic E-state index is 0.127. The summed E-state index contributed by atoms with van der Waals surface area (Å²) < 4.78 is 5.92. The molecule has 4 heteroatoms. The van der Waals surface area contributed by atoms with Gasteiger partial charge < -0.3 is 10.1 Å². The number of anilines is 1. The van der Waals surface area contributed by atoms with E-state index in [4.69, 9.17) is 27.9 Å². The second kappa shape index (κ2) is 5.55. The van der Waals surface area contributed by atoms with E-state index < -0.39 is 0 Å². The first-order valence-corrected chi connectivity index (χ1v) is 7.32. The van der Waals surface area contributed by atoms with Crippen LogP contribution in [-0.2, 0) is 6.42 Å². The number of hydrogen-bond acceptors (Lipinski definition) is 2. The van der Waals surface area contributed by atoms with E-state index in [0.29, 0.717) is 16.6 Å². The van der Waals surface area contributed by atoms with Crippen molar-refractivity contribution >= 4 is 28.9 Å².